The van der Waals surface area contributed by atoms with E-state index in [2.05, 4.69) is 36.9 Å². The number of hydrogen-bond donors (Lipinski definition) is 0. The van der Waals surface area contributed by atoms with Crippen molar-refractivity contribution in [2.45, 2.75) is 12.8 Å². The summed E-state index contributed by atoms with van der Waals surface area (Å²) in [5.74, 6) is 1.32. The van der Waals surface area contributed by atoms with Gasteiger partial charge in [-0.3, -0.25) is 4.79 Å². The van der Waals surface area contributed by atoms with Gasteiger partial charge < -0.3 is 9.80 Å². The average molecular weight is 363 g/mol. The predicted octanol–water partition coefficient (Wildman–Crippen LogP) is 2.70. The second-order valence-electron chi connectivity index (χ2n) is 5.85. The van der Waals surface area contributed by atoms with E-state index in [0.29, 0.717) is 0 Å². The first-order valence-electron chi connectivity index (χ1n) is 7.42. The molecule has 0 bridgehead atoms. The molecular weight excluding hydrogens is 344 g/mol. The SMILES string of the molecule is CN(C)C(=O)C1CCN(c2ncnc3ccc(Br)cc23)CC1. The van der Waals surface area contributed by atoms with Crippen molar-refractivity contribution in [3.8, 4) is 0 Å². The highest BCUT2D eigenvalue weighted by Gasteiger charge is 2.27. The van der Waals surface area contributed by atoms with E-state index in [4.69, 9.17) is 0 Å². The lowest BCUT2D eigenvalue weighted by atomic mass is 9.95. The molecule has 1 saturated heterocycles. The molecule has 22 heavy (non-hydrogen) atoms. The number of nitrogens with zero attached hydrogens (tertiary/aromatic N) is 4. The quantitative estimate of drug-likeness (QED) is 0.823. The number of amides is 1. The van der Waals surface area contributed by atoms with Gasteiger partial charge in [0.25, 0.3) is 0 Å². The number of fused-ring (bicyclic) bond motifs is 1. The Hall–Kier alpha value is -1.69. The van der Waals surface area contributed by atoms with E-state index in [1.807, 2.05) is 26.2 Å². The number of anilines is 1. The van der Waals surface area contributed by atoms with E-state index in [1.165, 1.54) is 0 Å². The van der Waals surface area contributed by atoms with Gasteiger partial charge >= 0.3 is 0 Å². The third kappa shape index (κ3) is 2.92. The van der Waals surface area contributed by atoms with Gasteiger partial charge in [-0.05, 0) is 31.0 Å². The number of piperidine rings is 1. The molecule has 1 aromatic carbocycles. The van der Waals surface area contributed by atoms with Gasteiger partial charge in [0.15, 0.2) is 0 Å². The molecule has 0 spiro atoms. The van der Waals surface area contributed by atoms with Crippen LogP contribution in [0.25, 0.3) is 10.9 Å². The molecule has 1 aromatic heterocycles. The molecule has 3 rings (SSSR count). The fourth-order valence-electron chi connectivity index (χ4n) is 2.97. The van der Waals surface area contributed by atoms with E-state index in [9.17, 15) is 4.79 Å². The Morgan fingerprint density at radius 2 is 2.00 bits per heavy atom. The van der Waals surface area contributed by atoms with Crippen LogP contribution in [-0.4, -0.2) is 48.0 Å². The molecule has 1 aliphatic rings. The van der Waals surface area contributed by atoms with Crippen molar-refractivity contribution in [3.05, 3.63) is 29.0 Å². The van der Waals surface area contributed by atoms with Crippen LogP contribution in [0.5, 0.6) is 0 Å². The molecule has 1 fully saturated rings. The summed E-state index contributed by atoms with van der Waals surface area (Å²) in [6.07, 6.45) is 3.36. The van der Waals surface area contributed by atoms with E-state index in [0.717, 1.165) is 47.1 Å². The van der Waals surface area contributed by atoms with Gasteiger partial charge in [0.05, 0.1) is 5.52 Å². The number of halogens is 1. The van der Waals surface area contributed by atoms with Gasteiger partial charge in [0, 0.05) is 43.0 Å². The van der Waals surface area contributed by atoms with Crippen molar-refractivity contribution in [1.82, 2.24) is 14.9 Å². The minimum atomic E-state index is 0.131. The van der Waals surface area contributed by atoms with Crippen LogP contribution in [0.15, 0.2) is 29.0 Å². The minimum absolute atomic E-state index is 0.131. The number of aromatic nitrogens is 2. The molecule has 6 heteroatoms. The summed E-state index contributed by atoms with van der Waals surface area (Å²) >= 11 is 3.51. The highest BCUT2D eigenvalue weighted by Crippen LogP contribution is 2.29. The first-order chi connectivity index (χ1) is 10.6. The largest absolute Gasteiger partial charge is 0.356 e. The van der Waals surface area contributed by atoms with E-state index in [1.54, 1.807) is 11.2 Å². The molecule has 1 aliphatic heterocycles. The third-order valence-corrected chi connectivity index (χ3v) is 4.65. The fourth-order valence-corrected chi connectivity index (χ4v) is 3.33. The van der Waals surface area contributed by atoms with Gasteiger partial charge in [-0.1, -0.05) is 15.9 Å². The summed E-state index contributed by atoms with van der Waals surface area (Å²) in [6.45, 7) is 1.70. The fraction of sp³-hybridized carbons (Fsp3) is 0.438. The van der Waals surface area contributed by atoms with Crippen LogP contribution >= 0.6 is 15.9 Å². The Balaban J connectivity index is 1.82. The number of carbonyl (C=O) groups excluding carboxylic acids is 1. The average Bonchev–Trinajstić information content (AvgIpc) is 2.53. The zero-order chi connectivity index (χ0) is 15.7. The van der Waals surface area contributed by atoms with Crippen LogP contribution in [0.2, 0.25) is 0 Å². The van der Waals surface area contributed by atoms with Gasteiger partial charge in [-0.25, -0.2) is 9.97 Å². The molecule has 5 nitrogen and oxygen atoms in total. The van der Waals surface area contributed by atoms with Crippen molar-refractivity contribution in [2.24, 2.45) is 5.92 Å². The maximum absolute atomic E-state index is 12.1. The van der Waals surface area contributed by atoms with Crippen LogP contribution in [0.1, 0.15) is 12.8 Å². The van der Waals surface area contributed by atoms with E-state index in [-0.39, 0.29) is 11.8 Å². The molecule has 0 aliphatic carbocycles. The van der Waals surface area contributed by atoms with Crippen molar-refractivity contribution in [3.63, 3.8) is 0 Å². The highest BCUT2D eigenvalue weighted by molar-refractivity contribution is 9.10. The summed E-state index contributed by atoms with van der Waals surface area (Å²) < 4.78 is 1.02. The van der Waals surface area contributed by atoms with Crippen molar-refractivity contribution in [1.29, 1.82) is 0 Å². The van der Waals surface area contributed by atoms with Crippen molar-refractivity contribution >= 4 is 38.6 Å². The summed E-state index contributed by atoms with van der Waals surface area (Å²) in [5.41, 5.74) is 0.944. The Labute approximate surface area is 138 Å². The van der Waals surface area contributed by atoms with Gasteiger partial charge in [0.2, 0.25) is 5.91 Å². The van der Waals surface area contributed by atoms with Crippen LogP contribution in [0, 0.1) is 5.92 Å². The topological polar surface area (TPSA) is 49.3 Å². The molecule has 2 heterocycles. The predicted molar refractivity (Wildman–Crippen MR) is 90.9 cm³/mol. The first-order valence-corrected chi connectivity index (χ1v) is 8.22. The standard InChI is InChI=1S/C16H19BrN4O/c1-20(2)16(22)11-5-7-21(8-6-11)15-13-9-12(17)3-4-14(13)18-10-19-15/h3-4,9-11H,5-8H2,1-2H3. The molecular formula is C16H19BrN4O. The number of hydrogen-bond acceptors (Lipinski definition) is 4. The Morgan fingerprint density at radius 3 is 2.68 bits per heavy atom. The smallest absolute Gasteiger partial charge is 0.225 e. The lowest BCUT2D eigenvalue weighted by Crippen LogP contribution is -2.40. The molecule has 0 radical (unpaired) electrons. The molecule has 0 saturated carbocycles. The lowest BCUT2D eigenvalue weighted by molar-refractivity contribution is -0.133. The Kier molecular flexibility index (Phi) is 4.29. The lowest BCUT2D eigenvalue weighted by Gasteiger charge is -2.33. The maximum atomic E-state index is 12.1. The van der Waals surface area contributed by atoms with Crippen molar-refractivity contribution < 1.29 is 4.79 Å². The second kappa shape index (κ2) is 6.20. The number of rotatable bonds is 2. The van der Waals surface area contributed by atoms with Crippen LogP contribution in [0.4, 0.5) is 5.82 Å². The molecule has 2 aromatic rings. The molecule has 0 N–H and O–H groups in total. The van der Waals surface area contributed by atoms with Crippen LogP contribution < -0.4 is 4.90 Å². The summed E-state index contributed by atoms with van der Waals surface area (Å²) in [7, 11) is 3.65. The van der Waals surface area contributed by atoms with Crippen molar-refractivity contribution in [2.75, 3.05) is 32.1 Å². The second-order valence-corrected chi connectivity index (χ2v) is 6.77. The number of carbonyl (C=O) groups is 1. The molecule has 116 valence electrons. The summed E-state index contributed by atoms with van der Waals surface area (Å²) in [6, 6.07) is 6.04. The Morgan fingerprint density at radius 1 is 1.27 bits per heavy atom. The summed E-state index contributed by atoms with van der Waals surface area (Å²) in [5, 5.41) is 1.05. The normalized spacial score (nSPS) is 16.0. The molecule has 1 amide bonds. The Bertz CT molecular complexity index is 696. The monoisotopic (exact) mass is 362 g/mol. The maximum Gasteiger partial charge on any atom is 0.225 e. The van der Waals surface area contributed by atoms with Crippen LogP contribution in [0.3, 0.4) is 0 Å². The van der Waals surface area contributed by atoms with E-state index >= 15 is 0 Å². The molecule has 0 unspecified atom stereocenters. The highest BCUT2D eigenvalue weighted by atomic mass is 79.9. The zero-order valence-corrected chi connectivity index (χ0v) is 14.4. The summed E-state index contributed by atoms with van der Waals surface area (Å²) in [4.78, 5) is 24.8. The zero-order valence-electron chi connectivity index (χ0n) is 12.8. The first kappa shape index (κ1) is 15.2. The van der Waals surface area contributed by atoms with E-state index < -0.39 is 0 Å². The van der Waals surface area contributed by atoms with Gasteiger partial charge in [-0.2, -0.15) is 0 Å². The third-order valence-electron chi connectivity index (χ3n) is 4.16. The molecule has 0 atom stereocenters. The van der Waals surface area contributed by atoms with Gasteiger partial charge in [-0.15, -0.1) is 0 Å². The van der Waals surface area contributed by atoms with Crippen LogP contribution in [-0.2, 0) is 4.79 Å². The number of benzene rings is 1. The minimum Gasteiger partial charge on any atom is -0.356 e. The van der Waals surface area contributed by atoms with Gasteiger partial charge in [0.1, 0.15) is 12.1 Å².